The van der Waals surface area contributed by atoms with Crippen LogP contribution in [0, 0.1) is 23.7 Å². The second-order valence-electron chi connectivity index (χ2n) is 22.0. The fraction of sp³-hybridized carbons (Fsp3) is 0.778. The van der Waals surface area contributed by atoms with E-state index >= 15 is 0 Å². The summed E-state index contributed by atoms with van der Waals surface area (Å²) in [6.07, 6.45) is -6.70. The molecule has 5 heterocycles. The molecule has 3 aliphatic heterocycles. The number of aliphatic hydroxyl groups excluding tert-OH is 2. The van der Waals surface area contributed by atoms with Gasteiger partial charge < -0.3 is 73.1 Å². The van der Waals surface area contributed by atoms with Crippen LogP contribution in [0.2, 0.25) is 0 Å². The molecule has 0 radical (unpaired) electrons. The van der Waals surface area contributed by atoms with Crippen LogP contribution in [0.15, 0.2) is 28.2 Å². The standard InChI is InChI=1S/C54H86N4O17S/c1-16-38-54(11,67)45(63)30(5)41(60)28(3)24-52(9,68-14)46(75-51-43(62)37(57(12)13)22-29(4)70-51)31(6)44(32(7)50(66)72-38)74-40-25-53(10,69-15)47(33(8)71-40)73-39(59)18-19-55-20-21-76-34-23-35-42(61)36(49(64)65)27-58(17-2)48(35)56-26-34/h23,26-33,37-38,40,43-47,51,55,62-63,67H,16-22,24-25H2,1-15H3,(H,64,65)/t28-,29+,30-,31+,32+,33-,37-,38-,40+,43-,44+,45+,46-,47+,51-,52-,53-,54+/m0/s1. The molecule has 0 unspecified atom stereocenters. The van der Waals surface area contributed by atoms with Gasteiger partial charge in [-0.1, -0.05) is 27.7 Å². The monoisotopic (exact) mass is 1090 g/mol. The average molecular weight is 1100 g/mol. The number of aryl methyl sites for hydroxylation is 1. The molecule has 0 aromatic carbocycles. The summed E-state index contributed by atoms with van der Waals surface area (Å²) in [5.41, 5.74) is -5.05. The molecule has 0 aliphatic carbocycles. The fourth-order valence-corrected chi connectivity index (χ4v) is 12.1. The number of carbonyl (C=O) groups excluding carboxylic acids is 3. The van der Waals surface area contributed by atoms with Gasteiger partial charge in [-0.2, -0.15) is 0 Å². The lowest BCUT2D eigenvalue weighted by Gasteiger charge is -2.50. The number of ketones is 1. The van der Waals surface area contributed by atoms with Crippen molar-refractivity contribution in [2.75, 3.05) is 47.2 Å². The summed E-state index contributed by atoms with van der Waals surface area (Å²) in [6.45, 7) is 20.0. The van der Waals surface area contributed by atoms with Gasteiger partial charge >= 0.3 is 17.9 Å². The number of rotatable bonds is 18. The molecule has 3 saturated heterocycles. The van der Waals surface area contributed by atoms with Gasteiger partial charge in [0, 0.05) is 87.1 Å². The topological polar surface area (TPSA) is 273 Å². The van der Waals surface area contributed by atoms with Gasteiger partial charge in [-0.25, -0.2) is 9.78 Å². The quantitative estimate of drug-likeness (QED) is 0.0795. The number of ether oxygens (including phenoxy) is 8. The van der Waals surface area contributed by atoms with Crippen molar-refractivity contribution in [2.45, 2.75) is 204 Å². The van der Waals surface area contributed by atoms with Crippen molar-refractivity contribution in [1.82, 2.24) is 19.8 Å². The minimum Gasteiger partial charge on any atom is -0.477 e. The maximum atomic E-state index is 14.6. The SMILES string of the molecule is CC[C@@H]1OC(=O)[C@H](C)[C@H](O[C@@H]2C[C@](C)(OC)[C@H](OC(=O)CCNCCSc3cnc4c(c3)c(=O)c(C(=O)O)cn4CC)[C@H](C)O2)[C@@H](C)[C@H](O[C@@H]2O[C@H](C)C[C@H](N(C)C)[C@@H]2O)[C@@](C)(OC)C[C@H](C)C(=O)[C@H](C)[C@@H](O)[C@]1(C)O. The van der Waals surface area contributed by atoms with Crippen LogP contribution in [0.3, 0.4) is 0 Å². The number of hydrogen-bond acceptors (Lipinski definition) is 20. The maximum Gasteiger partial charge on any atom is 0.341 e. The molecule has 0 saturated carbocycles. The summed E-state index contributed by atoms with van der Waals surface area (Å²) in [5.74, 6) is -6.11. The predicted molar refractivity (Wildman–Crippen MR) is 282 cm³/mol. The van der Waals surface area contributed by atoms with Crippen molar-refractivity contribution in [3.05, 3.63) is 34.2 Å². The van der Waals surface area contributed by atoms with Crippen LogP contribution < -0.4 is 10.7 Å². The molecule has 5 N–H and O–H groups in total. The van der Waals surface area contributed by atoms with E-state index in [0.29, 0.717) is 35.8 Å². The number of nitrogens with zero attached hydrogens (tertiary/aromatic N) is 3. The van der Waals surface area contributed by atoms with Crippen LogP contribution in [-0.4, -0.2) is 190 Å². The number of carbonyl (C=O) groups is 4. The number of likely N-dealkylation sites (N-methyl/N-ethyl adjacent to an activating group) is 1. The number of cyclic esters (lactones) is 1. The van der Waals surface area contributed by atoms with E-state index in [1.54, 1.807) is 58.4 Å². The van der Waals surface area contributed by atoms with Crippen LogP contribution in [0.25, 0.3) is 11.0 Å². The highest BCUT2D eigenvalue weighted by molar-refractivity contribution is 7.99. The molecule has 18 atom stereocenters. The van der Waals surface area contributed by atoms with Crippen LogP contribution >= 0.6 is 11.8 Å². The summed E-state index contributed by atoms with van der Waals surface area (Å²) >= 11 is 1.42. The average Bonchev–Trinajstić information content (AvgIpc) is 3.37. The molecule has 2 aromatic rings. The summed E-state index contributed by atoms with van der Waals surface area (Å²) in [6, 6.07) is 1.31. The van der Waals surface area contributed by atoms with Gasteiger partial charge in [0.1, 0.15) is 40.4 Å². The lowest BCUT2D eigenvalue weighted by Crippen LogP contribution is -2.61. The zero-order valence-corrected chi connectivity index (χ0v) is 47.9. The fourth-order valence-electron chi connectivity index (χ4n) is 11.3. The second kappa shape index (κ2) is 26.5. The van der Waals surface area contributed by atoms with Crippen LogP contribution in [0.4, 0.5) is 0 Å². The first kappa shape index (κ1) is 63.2. The van der Waals surface area contributed by atoms with Crippen molar-refractivity contribution >= 4 is 46.5 Å². The number of pyridine rings is 2. The number of esters is 2. The van der Waals surface area contributed by atoms with Crippen LogP contribution in [-0.2, 0) is 58.8 Å². The van der Waals surface area contributed by atoms with Crippen molar-refractivity contribution in [2.24, 2.45) is 23.7 Å². The number of methoxy groups -OCH3 is 2. The van der Waals surface area contributed by atoms with Crippen LogP contribution in [0.5, 0.6) is 0 Å². The second-order valence-corrected chi connectivity index (χ2v) is 23.1. The Hall–Kier alpha value is -3.65. The van der Waals surface area contributed by atoms with Gasteiger partial charge in [-0.15, -0.1) is 11.8 Å². The first-order valence-corrected chi connectivity index (χ1v) is 27.6. The number of Topliss-reactive ketones (excluding diaryl/α,β-unsaturated/α-hetero) is 1. The van der Waals surface area contributed by atoms with Gasteiger partial charge in [0.05, 0.1) is 53.8 Å². The van der Waals surface area contributed by atoms with E-state index in [2.05, 4.69) is 10.3 Å². The largest absolute Gasteiger partial charge is 0.477 e. The molecule has 0 spiro atoms. The highest BCUT2D eigenvalue weighted by Crippen LogP contribution is 2.42. The molecule has 430 valence electrons. The number of hydrogen-bond donors (Lipinski definition) is 5. The van der Waals surface area contributed by atoms with Gasteiger partial charge in [-0.3, -0.25) is 19.2 Å². The van der Waals surface area contributed by atoms with Crippen molar-refractivity contribution in [3.8, 4) is 0 Å². The number of aliphatic hydroxyl groups is 3. The number of aromatic nitrogens is 2. The van der Waals surface area contributed by atoms with Gasteiger partial charge in [0.2, 0.25) is 5.43 Å². The van der Waals surface area contributed by atoms with Crippen LogP contribution in [0.1, 0.15) is 119 Å². The predicted octanol–water partition coefficient (Wildman–Crippen LogP) is 4.19. The van der Waals surface area contributed by atoms with Gasteiger partial charge in [0.15, 0.2) is 18.7 Å². The van der Waals surface area contributed by atoms with E-state index in [1.165, 1.54) is 46.0 Å². The Morgan fingerprint density at radius 3 is 2.20 bits per heavy atom. The smallest absolute Gasteiger partial charge is 0.341 e. The Bertz CT molecular complexity index is 2370. The number of carboxylic acid groups (broad SMARTS) is 1. The Kier molecular flexibility index (Phi) is 22.1. The number of thioether (sulfide) groups is 1. The van der Waals surface area contributed by atoms with Crippen molar-refractivity contribution in [1.29, 1.82) is 0 Å². The lowest BCUT2D eigenvalue weighted by atomic mass is 9.74. The first-order chi connectivity index (χ1) is 35.6. The van der Waals surface area contributed by atoms with E-state index < -0.39 is 119 Å². The molecule has 22 heteroatoms. The summed E-state index contributed by atoms with van der Waals surface area (Å²) in [5, 5.41) is 48.3. The normalized spacial score (nSPS) is 37.2. The molecule has 3 fully saturated rings. The molecule has 21 nitrogen and oxygen atoms in total. The molecule has 3 aliphatic rings. The molecule has 0 bridgehead atoms. The minimum atomic E-state index is -2.03. The van der Waals surface area contributed by atoms with Gasteiger partial charge in [-0.05, 0) is 87.9 Å². The number of aromatic carboxylic acids is 1. The van der Waals surface area contributed by atoms with E-state index in [4.69, 9.17) is 37.9 Å². The molecule has 0 amide bonds. The third-order valence-electron chi connectivity index (χ3n) is 16.0. The van der Waals surface area contributed by atoms with E-state index in [1.807, 2.05) is 39.8 Å². The Morgan fingerprint density at radius 1 is 0.934 bits per heavy atom. The van der Waals surface area contributed by atoms with E-state index in [9.17, 15) is 44.4 Å². The van der Waals surface area contributed by atoms with Gasteiger partial charge in [0.25, 0.3) is 0 Å². The lowest BCUT2D eigenvalue weighted by molar-refractivity contribution is -0.320. The Balaban J connectivity index is 1.35. The maximum absolute atomic E-state index is 14.6. The van der Waals surface area contributed by atoms with Crippen molar-refractivity contribution in [3.63, 3.8) is 0 Å². The third kappa shape index (κ3) is 14.2. The molecular formula is C54H86N4O17S. The van der Waals surface area contributed by atoms with E-state index in [-0.39, 0.29) is 61.1 Å². The highest BCUT2D eigenvalue weighted by Gasteiger charge is 2.55. The zero-order valence-electron chi connectivity index (χ0n) is 47.1. The molecule has 2 aromatic heterocycles. The number of carboxylic acids is 1. The summed E-state index contributed by atoms with van der Waals surface area (Å²) in [4.78, 5) is 73.9. The third-order valence-corrected chi connectivity index (χ3v) is 17.0. The Morgan fingerprint density at radius 2 is 1.59 bits per heavy atom. The highest BCUT2D eigenvalue weighted by atomic mass is 32.2. The van der Waals surface area contributed by atoms with Crippen molar-refractivity contribution < 1.29 is 77.5 Å². The molecule has 5 rings (SSSR count). The summed E-state index contributed by atoms with van der Waals surface area (Å²) < 4.78 is 52.9. The molecule has 76 heavy (non-hydrogen) atoms. The Labute approximate surface area is 451 Å². The van der Waals surface area contributed by atoms with E-state index in [0.717, 1.165) is 0 Å². The summed E-state index contributed by atoms with van der Waals surface area (Å²) in [7, 11) is 6.71. The zero-order chi connectivity index (χ0) is 56.8. The minimum absolute atomic E-state index is 0.0117. The first-order valence-electron chi connectivity index (χ1n) is 26.6. The number of fused-ring (bicyclic) bond motifs is 1. The number of nitrogens with one attached hydrogen (secondary N) is 1. The molecular weight excluding hydrogens is 1010 g/mol.